The quantitative estimate of drug-likeness (QED) is 0.852. The molecule has 0 unspecified atom stereocenters. The minimum absolute atomic E-state index is 0.129. The molecule has 2 rings (SSSR count). The second-order valence-corrected chi connectivity index (χ2v) is 7.18. The number of thiophene rings is 1. The molecule has 4 nitrogen and oxygen atoms in total. The van der Waals surface area contributed by atoms with Crippen LogP contribution in [0.3, 0.4) is 0 Å². The van der Waals surface area contributed by atoms with E-state index in [0.29, 0.717) is 0 Å². The topological polar surface area (TPSA) is 46.6 Å². The first-order valence-corrected chi connectivity index (χ1v) is 8.09. The molecule has 1 aromatic heterocycles. The monoisotopic (exact) mass is 315 g/mol. The SMILES string of the molecule is COc1ccc(F)cc1S(=O)(=O)N(C)Cc1cccs1. The molecule has 0 aliphatic rings. The van der Waals surface area contributed by atoms with Gasteiger partial charge in [-0.1, -0.05) is 6.07 Å². The van der Waals surface area contributed by atoms with Gasteiger partial charge in [-0.2, -0.15) is 4.31 Å². The molecular formula is C13H14FNO3S2. The Balaban J connectivity index is 2.36. The van der Waals surface area contributed by atoms with Gasteiger partial charge in [-0.15, -0.1) is 11.3 Å². The maximum absolute atomic E-state index is 13.3. The molecule has 1 heterocycles. The largest absolute Gasteiger partial charge is 0.495 e. The van der Waals surface area contributed by atoms with E-state index < -0.39 is 15.8 Å². The van der Waals surface area contributed by atoms with Crippen molar-refractivity contribution < 1.29 is 17.5 Å². The molecule has 108 valence electrons. The van der Waals surface area contributed by atoms with E-state index in [4.69, 9.17) is 4.74 Å². The Hall–Kier alpha value is -1.44. The Labute approximate surface area is 121 Å². The van der Waals surface area contributed by atoms with Crippen LogP contribution in [0.25, 0.3) is 0 Å². The third-order valence-electron chi connectivity index (χ3n) is 2.77. The second-order valence-electron chi connectivity index (χ2n) is 4.14. The van der Waals surface area contributed by atoms with Gasteiger partial charge in [0.15, 0.2) is 0 Å². The lowest BCUT2D eigenvalue weighted by Crippen LogP contribution is -2.26. The van der Waals surface area contributed by atoms with Gasteiger partial charge in [0.2, 0.25) is 10.0 Å². The third-order valence-corrected chi connectivity index (χ3v) is 5.46. The summed E-state index contributed by atoms with van der Waals surface area (Å²) in [5, 5.41) is 1.87. The number of halogens is 1. The van der Waals surface area contributed by atoms with E-state index in [1.807, 2.05) is 17.5 Å². The highest BCUT2D eigenvalue weighted by molar-refractivity contribution is 7.89. The highest BCUT2D eigenvalue weighted by Crippen LogP contribution is 2.28. The minimum Gasteiger partial charge on any atom is -0.495 e. The van der Waals surface area contributed by atoms with Crippen LogP contribution in [0.5, 0.6) is 5.75 Å². The lowest BCUT2D eigenvalue weighted by Gasteiger charge is -2.18. The van der Waals surface area contributed by atoms with Gasteiger partial charge in [-0.05, 0) is 29.6 Å². The number of hydrogen-bond acceptors (Lipinski definition) is 4. The Morgan fingerprint density at radius 3 is 2.70 bits per heavy atom. The zero-order chi connectivity index (χ0) is 14.8. The molecule has 0 atom stereocenters. The fourth-order valence-electron chi connectivity index (χ4n) is 1.73. The summed E-state index contributed by atoms with van der Waals surface area (Å²) in [6.07, 6.45) is 0. The molecule has 7 heteroatoms. The molecule has 0 spiro atoms. The van der Waals surface area contributed by atoms with Crippen LogP contribution in [0, 0.1) is 5.82 Å². The van der Waals surface area contributed by atoms with E-state index in [-0.39, 0.29) is 17.2 Å². The van der Waals surface area contributed by atoms with Crippen LogP contribution < -0.4 is 4.74 Å². The molecule has 0 bridgehead atoms. The van der Waals surface area contributed by atoms with Crippen LogP contribution in [0.1, 0.15) is 4.88 Å². The van der Waals surface area contributed by atoms with Crippen molar-refractivity contribution in [2.45, 2.75) is 11.4 Å². The summed E-state index contributed by atoms with van der Waals surface area (Å²) in [7, 11) is -0.995. The van der Waals surface area contributed by atoms with Crippen molar-refractivity contribution in [2.75, 3.05) is 14.2 Å². The zero-order valence-electron chi connectivity index (χ0n) is 11.0. The summed E-state index contributed by atoms with van der Waals surface area (Å²) in [5.74, 6) is -0.488. The highest BCUT2D eigenvalue weighted by atomic mass is 32.2. The van der Waals surface area contributed by atoms with Crippen LogP contribution in [-0.2, 0) is 16.6 Å². The van der Waals surface area contributed by atoms with E-state index in [1.165, 1.54) is 35.9 Å². The van der Waals surface area contributed by atoms with E-state index in [9.17, 15) is 12.8 Å². The van der Waals surface area contributed by atoms with E-state index in [0.717, 1.165) is 17.0 Å². The van der Waals surface area contributed by atoms with Gasteiger partial charge in [0.1, 0.15) is 16.5 Å². The molecule has 0 saturated carbocycles. The first-order chi connectivity index (χ1) is 9.45. The van der Waals surface area contributed by atoms with Crippen molar-refractivity contribution in [2.24, 2.45) is 0 Å². The molecule has 20 heavy (non-hydrogen) atoms. The van der Waals surface area contributed by atoms with Gasteiger partial charge in [0.25, 0.3) is 0 Å². The van der Waals surface area contributed by atoms with Crippen LogP contribution in [0.15, 0.2) is 40.6 Å². The summed E-state index contributed by atoms with van der Waals surface area (Å²) >= 11 is 1.46. The van der Waals surface area contributed by atoms with Gasteiger partial charge in [-0.3, -0.25) is 0 Å². The Morgan fingerprint density at radius 1 is 1.35 bits per heavy atom. The summed E-state index contributed by atoms with van der Waals surface area (Å²) in [5.41, 5.74) is 0. The smallest absolute Gasteiger partial charge is 0.246 e. The lowest BCUT2D eigenvalue weighted by molar-refractivity contribution is 0.396. The number of rotatable bonds is 5. The molecule has 0 aliphatic carbocycles. The van der Waals surface area contributed by atoms with Crippen molar-refractivity contribution in [3.8, 4) is 5.75 Å². The van der Waals surface area contributed by atoms with E-state index >= 15 is 0 Å². The predicted molar refractivity (Wildman–Crippen MR) is 75.9 cm³/mol. The number of hydrogen-bond donors (Lipinski definition) is 0. The molecule has 0 amide bonds. The highest BCUT2D eigenvalue weighted by Gasteiger charge is 2.25. The van der Waals surface area contributed by atoms with Gasteiger partial charge in [-0.25, -0.2) is 12.8 Å². The van der Waals surface area contributed by atoms with Crippen molar-refractivity contribution in [1.29, 1.82) is 0 Å². The molecule has 2 aromatic rings. The number of methoxy groups -OCH3 is 1. The van der Waals surface area contributed by atoms with Crippen LogP contribution >= 0.6 is 11.3 Å². The van der Waals surface area contributed by atoms with Gasteiger partial charge >= 0.3 is 0 Å². The lowest BCUT2D eigenvalue weighted by atomic mass is 10.3. The third kappa shape index (κ3) is 3.00. The van der Waals surface area contributed by atoms with Crippen LogP contribution in [0.4, 0.5) is 4.39 Å². The molecule has 0 radical (unpaired) electrons. The molecule has 0 fully saturated rings. The fourth-order valence-corrected chi connectivity index (χ4v) is 3.88. The minimum atomic E-state index is -3.81. The summed E-state index contributed by atoms with van der Waals surface area (Å²) in [4.78, 5) is 0.741. The van der Waals surface area contributed by atoms with Crippen molar-refractivity contribution in [1.82, 2.24) is 4.31 Å². The first-order valence-electron chi connectivity index (χ1n) is 5.77. The molecule has 1 aromatic carbocycles. The molecule has 0 N–H and O–H groups in total. The second kappa shape index (κ2) is 5.90. The number of nitrogens with zero attached hydrogens (tertiary/aromatic N) is 1. The maximum Gasteiger partial charge on any atom is 0.246 e. The molecule has 0 aliphatic heterocycles. The molecule has 0 saturated heterocycles. The fraction of sp³-hybridized carbons (Fsp3) is 0.231. The zero-order valence-corrected chi connectivity index (χ0v) is 12.7. The van der Waals surface area contributed by atoms with Crippen molar-refractivity contribution in [3.63, 3.8) is 0 Å². The first kappa shape index (κ1) is 15.0. The number of benzene rings is 1. The van der Waals surface area contributed by atoms with E-state index in [2.05, 4.69) is 0 Å². The van der Waals surface area contributed by atoms with Gasteiger partial charge in [0.05, 0.1) is 7.11 Å². The van der Waals surface area contributed by atoms with Gasteiger partial charge < -0.3 is 4.74 Å². The average Bonchev–Trinajstić information content (AvgIpc) is 2.91. The standard InChI is InChI=1S/C13H14FNO3S2/c1-15(9-11-4-3-7-19-11)20(16,17)13-8-10(14)5-6-12(13)18-2/h3-8H,9H2,1-2H3. The summed E-state index contributed by atoms with van der Waals surface area (Å²) in [6, 6.07) is 7.14. The average molecular weight is 315 g/mol. The van der Waals surface area contributed by atoms with Crippen molar-refractivity contribution >= 4 is 21.4 Å². The summed E-state index contributed by atoms with van der Waals surface area (Å²) in [6.45, 7) is 0.236. The summed E-state index contributed by atoms with van der Waals surface area (Å²) < 4.78 is 44.4. The Morgan fingerprint density at radius 2 is 2.10 bits per heavy atom. The molecular weight excluding hydrogens is 301 g/mol. The van der Waals surface area contributed by atoms with Crippen LogP contribution in [-0.4, -0.2) is 26.9 Å². The Kier molecular flexibility index (Phi) is 4.42. The normalized spacial score (nSPS) is 11.8. The maximum atomic E-state index is 13.3. The Bertz CT molecular complexity index is 684. The predicted octanol–water partition coefficient (Wildman–Crippen LogP) is 2.72. The van der Waals surface area contributed by atoms with Crippen LogP contribution in [0.2, 0.25) is 0 Å². The van der Waals surface area contributed by atoms with E-state index in [1.54, 1.807) is 0 Å². The number of ether oxygens (including phenoxy) is 1. The van der Waals surface area contributed by atoms with Gasteiger partial charge in [0, 0.05) is 18.5 Å². The van der Waals surface area contributed by atoms with Crippen molar-refractivity contribution in [3.05, 3.63) is 46.4 Å². The number of sulfonamides is 1.